The van der Waals surface area contributed by atoms with E-state index in [9.17, 15) is 13.2 Å². The lowest BCUT2D eigenvalue weighted by Gasteiger charge is -2.07. The first kappa shape index (κ1) is 16.0. The molecule has 0 saturated heterocycles. The molecule has 0 aliphatic carbocycles. The van der Waals surface area contributed by atoms with Crippen molar-refractivity contribution >= 4 is 44.4 Å². The third-order valence-corrected chi connectivity index (χ3v) is 5.55. The first-order valence-corrected chi connectivity index (χ1v) is 9.22. The van der Waals surface area contributed by atoms with E-state index in [-0.39, 0.29) is 11.5 Å². The van der Waals surface area contributed by atoms with E-state index < -0.39 is 10.0 Å². The number of rotatable bonds is 6. The fourth-order valence-electron chi connectivity index (χ4n) is 1.78. The second kappa shape index (κ2) is 6.60. The molecule has 1 aromatic carbocycles. The normalized spacial score (nSPS) is 11.3. The SMILES string of the molecule is CCCS(=O)(=O)Nc1ccc(C(=O)c2sccc2Cl)cc1. The second-order valence-corrected chi connectivity index (χ2v) is 7.59. The summed E-state index contributed by atoms with van der Waals surface area (Å²) in [5.41, 5.74) is 0.912. The Balaban J connectivity index is 2.16. The zero-order valence-corrected chi connectivity index (χ0v) is 13.7. The average Bonchev–Trinajstić information content (AvgIpc) is 2.84. The minimum Gasteiger partial charge on any atom is -0.288 e. The third kappa shape index (κ3) is 4.06. The summed E-state index contributed by atoms with van der Waals surface area (Å²) in [5, 5.41) is 2.18. The minimum absolute atomic E-state index is 0.0679. The molecule has 7 heteroatoms. The smallest absolute Gasteiger partial charge is 0.232 e. The molecule has 0 aliphatic heterocycles. The number of carbonyl (C=O) groups is 1. The number of halogens is 1. The predicted molar refractivity (Wildman–Crippen MR) is 86.9 cm³/mol. The monoisotopic (exact) mass is 343 g/mol. The standard InChI is InChI=1S/C14H14ClNO3S2/c1-2-9-21(18,19)16-11-5-3-10(4-6-11)13(17)14-12(15)7-8-20-14/h3-8,16H,2,9H2,1H3. The number of sulfonamides is 1. The van der Waals surface area contributed by atoms with Gasteiger partial charge in [0.15, 0.2) is 0 Å². The van der Waals surface area contributed by atoms with Gasteiger partial charge in [0.05, 0.1) is 15.7 Å². The molecule has 0 unspecified atom stereocenters. The predicted octanol–water partition coefficient (Wildman–Crippen LogP) is 3.78. The van der Waals surface area contributed by atoms with Gasteiger partial charge in [-0.2, -0.15) is 0 Å². The molecule has 0 radical (unpaired) electrons. The number of ketones is 1. The van der Waals surface area contributed by atoms with Gasteiger partial charge in [0.25, 0.3) is 0 Å². The maximum atomic E-state index is 12.2. The molecule has 0 spiro atoms. The average molecular weight is 344 g/mol. The van der Waals surface area contributed by atoms with Gasteiger partial charge in [-0.1, -0.05) is 18.5 Å². The Bertz CT molecular complexity index is 736. The summed E-state index contributed by atoms with van der Waals surface area (Å²) in [6.07, 6.45) is 0.544. The van der Waals surface area contributed by atoms with Crippen molar-refractivity contribution in [1.82, 2.24) is 0 Å². The van der Waals surface area contributed by atoms with Crippen LogP contribution in [0.5, 0.6) is 0 Å². The van der Waals surface area contributed by atoms with E-state index in [0.717, 1.165) is 0 Å². The quantitative estimate of drug-likeness (QED) is 0.812. The number of nitrogens with one attached hydrogen (secondary N) is 1. The molecule has 0 bridgehead atoms. The third-order valence-electron chi connectivity index (χ3n) is 2.72. The van der Waals surface area contributed by atoms with Gasteiger partial charge in [-0.05, 0) is 42.1 Å². The first-order valence-electron chi connectivity index (χ1n) is 6.31. The Morgan fingerprint density at radius 1 is 1.24 bits per heavy atom. The van der Waals surface area contributed by atoms with E-state index in [1.54, 1.807) is 42.6 Å². The van der Waals surface area contributed by atoms with Crippen LogP contribution in [0.4, 0.5) is 5.69 Å². The van der Waals surface area contributed by atoms with E-state index >= 15 is 0 Å². The van der Waals surface area contributed by atoms with Crippen molar-refractivity contribution in [3.05, 3.63) is 51.2 Å². The molecule has 1 heterocycles. The van der Waals surface area contributed by atoms with Crippen molar-refractivity contribution in [1.29, 1.82) is 0 Å². The zero-order chi connectivity index (χ0) is 15.5. The lowest BCUT2D eigenvalue weighted by molar-refractivity contribution is 0.104. The van der Waals surface area contributed by atoms with Gasteiger partial charge < -0.3 is 0 Å². The van der Waals surface area contributed by atoms with Crippen molar-refractivity contribution in [2.75, 3.05) is 10.5 Å². The van der Waals surface area contributed by atoms with Crippen molar-refractivity contribution < 1.29 is 13.2 Å². The molecule has 112 valence electrons. The van der Waals surface area contributed by atoms with Crippen molar-refractivity contribution in [2.45, 2.75) is 13.3 Å². The Morgan fingerprint density at radius 3 is 2.43 bits per heavy atom. The highest BCUT2D eigenvalue weighted by atomic mass is 35.5. The fraction of sp³-hybridized carbons (Fsp3) is 0.214. The molecule has 0 saturated carbocycles. The number of anilines is 1. The maximum Gasteiger partial charge on any atom is 0.232 e. The van der Waals surface area contributed by atoms with Crippen molar-refractivity contribution in [2.24, 2.45) is 0 Å². The van der Waals surface area contributed by atoms with Crippen LogP contribution >= 0.6 is 22.9 Å². The van der Waals surface area contributed by atoms with Crippen LogP contribution in [0.1, 0.15) is 28.6 Å². The minimum atomic E-state index is -3.32. The highest BCUT2D eigenvalue weighted by Gasteiger charge is 2.15. The van der Waals surface area contributed by atoms with E-state index in [0.29, 0.717) is 27.6 Å². The Kier molecular flexibility index (Phi) is 5.03. The summed E-state index contributed by atoms with van der Waals surface area (Å²) in [5.74, 6) is -0.101. The summed E-state index contributed by atoms with van der Waals surface area (Å²) < 4.78 is 25.8. The van der Waals surface area contributed by atoms with Gasteiger partial charge in [-0.3, -0.25) is 9.52 Å². The van der Waals surface area contributed by atoms with Crippen LogP contribution < -0.4 is 4.72 Å². The molecule has 4 nitrogen and oxygen atoms in total. The second-order valence-electron chi connectivity index (χ2n) is 4.43. The molecule has 1 N–H and O–H groups in total. The molecule has 0 aliphatic rings. The molecule has 1 aromatic heterocycles. The van der Waals surface area contributed by atoms with E-state index in [1.165, 1.54) is 11.3 Å². The van der Waals surface area contributed by atoms with Gasteiger partial charge in [-0.15, -0.1) is 11.3 Å². The van der Waals surface area contributed by atoms with E-state index in [4.69, 9.17) is 11.6 Å². The highest BCUT2D eigenvalue weighted by molar-refractivity contribution is 7.92. The molecule has 21 heavy (non-hydrogen) atoms. The summed E-state index contributed by atoms with van der Waals surface area (Å²) >= 11 is 7.22. The molecule has 2 rings (SSSR count). The van der Waals surface area contributed by atoms with Gasteiger partial charge in [0.1, 0.15) is 0 Å². The number of carbonyl (C=O) groups excluding carboxylic acids is 1. The Hall–Kier alpha value is -1.37. The topological polar surface area (TPSA) is 63.2 Å². The summed E-state index contributed by atoms with van der Waals surface area (Å²) in [6, 6.07) is 7.99. The molecular formula is C14H14ClNO3S2. The highest BCUT2D eigenvalue weighted by Crippen LogP contribution is 2.25. The van der Waals surface area contributed by atoms with Crippen LogP contribution in [0.2, 0.25) is 5.02 Å². The summed E-state index contributed by atoms with van der Waals surface area (Å²) in [4.78, 5) is 12.7. The summed E-state index contributed by atoms with van der Waals surface area (Å²) in [7, 11) is -3.32. The lowest BCUT2D eigenvalue weighted by Crippen LogP contribution is -2.16. The zero-order valence-electron chi connectivity index (χ0n) is 11.3. The van der Waals surface area contributed by atoms with Crippen molar-refractivity contribution in [3.8, 4) is 0 Å². The molecular weight excluding hydrogens is 330 g/mol. The number of thiophene rings is 1. The fourth-order valence-corrected chi connectivity index (χ4v) is 4.01. The van der Waals surface area contributed by atoms with Gasteiger partial charge in [0, 0.05) is 11.3 Å². The van der Waals surface area contributed by atoms with Crippen LogP contribution in [-0.2, 0) is 10.0 Å². The van der Waals surface area contributed by atoms with Crippen LogP contribution in [-0.4, -0.2) is 20.0 Å². The van der Waals surface area contributed by atoms with Gasteiger partial charge >= 0.3 is 0 Å². The Morgan fingerprint density at radius 2 is 1.90 bits per heavy atom. The van der Waals surface area contributed by atoms with E-state index in [2.05, 4.69) is 4.72 Å². The molecule has 0 amide bonds. The van der Waals surface area contributed by atoms with Crippen LogP contribution in [0.15, 0.2) is 35.7 Å². The van der Waals surface area contributed by atoms with Gasteiger partial charge in [-0.25, -0.2) is 8.42 Å². The Labute approximate surface area is 132 Å². The summed E-state index contributed by atoms with van der Waals surface area (Å²) in [6.45, 7) is 1.80. The van der Waals surface area contributed by atoms with Crippen LogP contribution in [0.3, 0.4) is 0 Å². The number of benzene rings is 1. The van der Waals surface area contributed by atoms with Gasteiger partial charge in [0.2, 0.25) is 15.8 Å². The molecule has 2 aromatic rings. The van der Waals surface area contributed by atoms with Crippen LogP contribution in [0, 0.1) is 0 Å². The number of hydrogen-bond donors (Lipinski definition) is 1. The molecule has 0 fully saturated rings. The maximum absolute atomic E-state index is 12.2. The molecule has 0 atom stereocenters. The first-order chi connectivity index (χ1) is 9.93. The van der Waals surface area contributed by atoms with Crippen LogP contribution in [0.25, 0.3) is 0 Å². The van der Waals surface area contributed by atoms with E-state index in [1.807, 2.05) is 0 Å². The number of hydrogen-bond acceptors (Lipinski definition) is 4. The largest absolute Gasteiger partial charge is 0.288 e. The van der Waals surface area contributed by atoms with Crippen molar-refractivity contribution in [3.63, 3.8) is 0 Å². The lowest BCUT2D eigenvalue weighted by atomic mass is 10.1.